The van der Waals surface area contributed by atoms with Crippen molar-refractivity contribution in [1.82, 2.24) is 5.32 Å². The number of ether oxygens (including phenoxy) is 1. The third kappa shape index (κ3) is 5.70. The molecule has 0 radical (unpaired) electrons. The number of methoxy groups -OCH3 is 1. The monoisotopic (exact) mass is 345 g/mol. The Morgan fingerprint density at radius 2 is 1.75 bits per heavy atom. The van der Waals surface area contributed by atoms with Gasteiger partial charge >= 0.3 is 5.97 Å². The van der Waals surface area contributed by atoms with E-state index in [9.17, 15) is 9.59 Å². The first-order valence-corrected chi connectivity index (χ1v) is 8.12. The van der Waals surface area contributed by atoms with Gasteiger partial charge in [-0.05, 0) is 29.7 Å². The van der Waals surface area contributed by atoms with Crippen LogP contribution in [-0.4, -0.2) is 19.0 Å². The molecule has 126 valence electrons. The number of hydrogen-bond donors (Lipinski definition) is 1. The van der Waals surface area contributed by atoms with Crippen molar-refractivity contribution in [2.24, 2.45) is 0 Å². The van der Waals surface area contributed by atoms with Crippen molar-refractivity contribution in [2.45, 2.75) is 25.3 Å². The molecule has 2 rings (SSSR count). The van der Waals surface area contributed by atoms with Gasteiger partial charge in [0, 0.05) is 11.4 Å². The summed E-state index contributed by atoms with van der Waals surface area (Å²) in [7, 11) is 1.33. The van der Waals surface area contributed by atoms with Gasteiger partial charge in [-0.3, -0.25) is 9.59 Å². The number of benzene rings is 2. The van der Waals surface area contributed by atoms with Crippen LogP contribution in [0, 0.1) is 0 Å². The van der Waals surface area contributed by atoms with E-state index in [0.29, 0.717) is 17.9 Å². The molecule has 0 spiro atoms. The molecule has 0 aliphatic carbocycles. The third-order valence-corrected chi connectivity index (χ3v) is 3.94. The topological polar surface area (TPSA) is 55.4 Å². The Morgan fingerprint density at radius 3 is 2.38 bits per heavy atom. The molecular weight excluding hydrogens is 326 g/mol. The normalized spacial score (nSPS) is 11.6. The van der Waals surface area contributed by atoms with Gasteiger partial charge in [0.2, 0.25) is 5.91 Å². The van der Waals surface area contributed by atoms with E-state index in [1.807, 2.05) is 30.3 Å². The van der Waals surface area contributed by atoms with Gasteiger partial charge in [0.15, 0.2) is 0 Å². The molecule has 0 bridgehead atoms. The lowest BCUT2D eigenvalue weighted by Gasteiger charge is -2.18. The predicted molar refractivity (Wildman–Crippen MR) is 93.7 cm³/mol. The zero-order valence-electron chi connectivity index (χ0n) is 13.5. The van der Waals surface area contributed by atoms with Crippen LogP contribution in [0.1, 0.15) is 30.0 Å². The van der Waals surface area contributed by atoms with Gasteiger partial charge in [-0.15, -0.1) is 0 Å². The first kappa shape index (κ1) is 18.0. The minimum atomic E-state index is -0.432. The van der Waals surface area contributed by atoms with E-state index in [0.717, 1.165) is 11.1 Å². The Morgan fingerprint density at radius 1 is 1.08 bits per heavy atom. The van der Waals surface area contributed by atoms with Crippen molar-refractivity contribution in [3.63, 3.8) is 0 Å². The molecule has 0 aliphatic heterocycles. The minimum absolute atomic E-state index is 0.0786. The highest BCUT2D eigenvalue weighted by Gasteiger charge is 2.18. The molecule has 0 aliphatic rings. The molecule has 4 nitrogen and oxygen atoms in total. The van der Waals surface area contributed by atoms with Crippen molar-refractivity contribution in [2.75, 3.05) is 7.11 Å². The lowest BCUT2D eigenvalue weighted by molar-refractivity contribution is -0.141. The Labute approximate surface area is 146 Å². The summed E-state index contributed by atoms with van der Waals surface area (Å²) in [5.74, 6) is -0.485. The van der Waals surface area contributed by atoms with E-state index in [1.165, 1.54) is 7.11 Å². The zero-order valence-corrected chi connectivity index (χ0v) is 14.3. The van der Waals surface area contributed by atoms with E-state index in [4.69, 9.17) is 16.3 Å². The number of esters is 1. The Bertz CT molecular complexity index is 671. The summed E-state index contributed by atoms with van der Waals surface area (Å²) >= 11 is 5.89. The van der Waals surface area contributed by atoms with Gasteiger partial charge in [-0.2, -0.15) is 0 Å². The highest BCUT2D eigenvalue weighted by Crippen LogP contribution is 2.20. The van der Waals surface area contributed by atoms with Crippen LogP contribution >= 0.6 is 11.6 Å². The van der Waals surface area contributed by atoms with Crippen molar-refractivity contribution < 1.29 is 14.3 Å². The Balaban J connectivity index is 2.00. The fraction of sp³-hybridized carbons (Fsp3) is 0.263. The average molecular weight is 346 g/mol. The maximum atomic E-state index is 12.2. The molecule has 1 N–H and O–H groups in total. The molecule has 0 heterocycles. The van der Waals surface area contributed by atoms with E-state index in [1.54, 1.807) is 24.3 Å². The summed E-state index contributed by atoms with van der Waals surface area (Å²) in [5, 5.41) is 3.51. The second kappa shape index (κ2) is 9.08. The molecule has 0 fully saturated rings. The molecule has 2 aromatic rings. The van der Waals surface area contributed by atoms with Crippen molar-refractivity contribution in [3.8, 4) is 0 Å². The summed E-state index contributed by atoms with van der Waals surface area (Å²) in [6.45, 7) is 0. The number of halogens is 1. The second-order valence-corrected chi connectivity index (χ2v) is 5.87. The number of aryl methyl sites for hydroxylation is 1. The zero-order chi connectivity index (χ0) is 17.4. The molecule has 5 heteroatoms. The minimum Gasteiger partial charge on any atom is -0.469 e. The highest BCUT2D eigenvalue weighted by molar-refractivity contribution is 6.30. The summed E-state index contributed by atoms with van der Waals surface area (Å²) in [6.07, 6.45) is 1.09. The summed E-state index contributed by atoms with van der Waals surface area (Å²) in [5.41, 5.74) is 1.92. The maximum Gasteiger partial charge on any atom is 0.307 e. The summed E-state index contributed by atoms with van der Waals surface area (Å²) in [6, 6.07) is 16.4. The van der Waals surface area contributed by atoms with Crippen LogP contribution in [0.3, 0.4) is 0 Å². The quantitative estimate of drug-likeness (QED) is 0.778. The molecule has 0 aromatic heterocycles. The maximum absolute atomic E-state index is 12.2. The first-order chi connectivity index (χ1) is 11.6. The van der Waals surface area contributed by atoms with E-state index < -0.39 is 6.04 Å². The van der Waals surface area contributed by atoms with Crippen LogP contribution < -0.4 is 5.32 Å². The fourth-order valence-corrected chi connectivity index (χ4v) is 2.49. The average Bonchev–Trinajstić information content (AvgIpc) is 2.61. The molecule has 2 aromatic carbocycles. The van der Waals surface area contributed by atoms with Crippen molar-refractivity contribution in [1.29, 1.82) is 0 Å². The van der Waals surface area contributed by atoms with Crippen LogP contribution in [0.5, 0.6) is 0 Å². The van der Waals surface area contributed by atoms with Crippen LogP contribution in [0.2, 0.25) is 5.02 Å². The van der Waals surface area contributed by atoms with E-state index in [-0.39, 0.29) is 18.3 Å². The van der Waals surface area contributed by atoms with Crippen molar-refractivity contribution in [3.05, 3.63) is 70.7 Å². The standard InChI is InChI=1S/C19H20ClNO3/c1-24-19(23)13-17(15-8-10-16(20)11-9-15)21-18(22)12-7-14-5-3-2-4-6-14/h2-6,8-11,17H,7,12-13H2,1H3,(H,21,22). The third-order valence-electron chi connectivity index (χ3n) is 3.69. The van der Waals surface area contributed by atoms with Gasteiger partial charge in [0.1, 0.15) is 0 Å². The molecule has 1 unspecified atom stereocenters. The fourth-order valence-electron chi connectivity index (χ4n) is 2.37. The Kier molecular flexibility index (Phi) is 6.82. The summed E-state index contributed by atoms with van der Waals surface area (Å²) < 4.78 is 4.72. The van der Waals surface area contributed by atoms with E-state index in [2.05, 4.69) is 5.32 Å². The molecule has 1 amide bonds. The molecule has 1 atom stereocenters. The SMILES string of the molecule is COC(=O)CC(NC(=O)CCc1ccccc1)c1ccc(Cl)cc1. The number of nitrogens with one attached hydrogen (secondary N) is 1. The largest absolute Gasteiger partial charge is 0.469 e. The lowest BCUT2D eigenvalue weighted by atomic mass is 10.0. The van der Waals surface area contributed by atoms with Crippen LogP contribution in [0.15, 0.2) is 54.6 Å². The molecular formula is C19H20ClNO3. The van der Waals surface area contributed by atoms with Gasteiger partial charge in [-0.1, -0.05) is 54.1 Å². The van der Waals surface area contributed by atoms with Crippen LogP contribution in [0.4, 0.5) is 0 Å². The number of carbonyl (C=O) groups is 2. The second-order valence-electron chi connectivity index (χ2n) is 5.44. The van der Waals surface area contributed by atoms with Gasteiger partial charge < -0.3 is 10.1 Å². The Hall–Kier alpha value is -2.33. The number of amides is 1. The predicted octanol–water partition coefficient (Wildman–Crippen LogP) is 3.69. The summed E-state index contributed by atoms with van der Waals surface area (Å²) in [4.78, 5) is 23.9. The molecule has 0 saturated carbocycles. The lowest BCUT2D eigenvalue weighted by Crippen LogP contribution is -2.30. The van der Waals surface area contributed by atoms with Crippen LogP contribution in [0.25, 0.3) is 0 Å². The highest BCUT2D eigenvalue weighted by atomic mass is 35.5. The van der Waals surface area contributed by atoms with Crippen LogP contribution in [-0.2, 0) is 20.7 Å². The van der Waals surface area contributed by atoms with E-state index >= 15 is 0 Å². The molecule has 24 heavy (non-hydrogen) atoms. The smallest absolute Gasteiger partial charge is 0.307 e. The first-order valence-electron chi connectivity index (χ1n) is 7.74. The van der Waals surface area contributed by atoms with Gasteiger partial charge in [-0.25, -0.2) is 0 Å². The van der Waals surface area contributed by atoms with Gasteiger partial charge in [0.05, 0.1) is 19.6 Å². The van der Waals surface area contributed by atoms with Crippen molar-refractivity contribution >= 4 is 23.5 Å². The molecule has 0 saturated heterocycles. The number of rotatable bonds is 7. The number of hydrogen-bond acceptors (Lipinski definition) is 3. The van der Waals surface area contributed by atoms with Gasteiger partial charge in [0.25, 0.3) is 0 Å². The number of carbonyl (C=O) groups excluding carboxylic acids is 2.